The monoisotopic (exact) mass is 273 g/mol. The van der Waals surface area contributed by atoms with E-state index in [0.717, 1.165) is 11.3 Å². The first-order valence-electron chi connectivity index (χ1n) is 6.47. The molecule has 0 aliphatic carbocycles. The highest BCUT2D eigenvalue weighted by molar-refractivity contribution is 5.63. The smallest absolute Gasteiger partial charge is 0.239 e. The largest absolute Gasteiger partial charge is 0.476 e. The highest BCUT2D eigenvalue weighted by atomic mass is 16.5. The zero-order valence-corrected chi connectivity index (χ0v) is 11.7. The molecule has 2 rings (SSSR count). The van der Waals surface area contributed by atoms with E-state index in [4.69, 9.17) is 15.2 Å². The minimum Gasteiger partial charge on any atom is -0.476 e. The summed E-state index contributed by atoms with van der Waals surface area (Å²) in [6.45, 7) is 2.96. The number of nitrogens with zero attached hydrogens (tertiary/aromatic N) is 1. The predicted molar refractivity (Wildman–Crippen MR) is 80.3 cm³/mol. The van der Waals surface area contributed by atoms with Gasteiger partial charge in [0, 0.05) is 18.4 Å². The van der Waals surface area contributed by atoms with Crippen LogP contribution in [0.25, 0.3) is 0 Å². The van der Waals surface area contributed by atoms with Crippen molar-refractivity contribution in [1.82, 2.24) is 4.98 Å². The van der Waals surface area contributed by atoms with E-state index in [1.807, 2.05) is 37.3 Å². The highest BCUT2D eigenvalue weighted by Crippen LogP contribution is 2.25. The number of ether oxygens (including phenoxy) is 2. The van der Waals surface area contributed by atoms with E-state index in [9.17, 15) is 0 Å². The van der Waals surface area contributed by atoms with Crippen molar-refractivity contribution in [3.8, 4) is 5.88 Å². The van der Waals surface area contributed by atoms with Crippen LogP contribution in [0.5, 0.6) is 5.88 Å². The summed E-state index contributed by atoms with van der Waals surface area (Å²) in [7, 11) is 1.67. The van der Waals surface area contributed by atoms with Gasteiger partial charge in [0.2, 0.25) is 5.88 Å². The van der Waals surface area contributed by atoms with Crippen LogP contribution in [0.15, 0.2) is 36.4 Å². The Morgan fingerprint density at radius 2 is 2.00 bits per heavy atom. The molecule has 1 heterocycles. The van der Waals surface area contributed by atoms with Crippen LogP contribution in [0.4, 0.5) is 17.2 Å². The van der Waals surface area contributed by atoms with E-state index < -0.39 is 0 Å². The molecule has 0 radical (unpaired) electrons. The molecule has 0 unspecified atom stereocenters. The first-order chi connectivity index (χ1) is 9.74. The molecule has 0 saturated heterocycles. The maximum atomic E-state index is 5.81. The van der Waals surface area contributed by atoms with Gasteiger partial charge in [0.05, 0.1) is 18.9 Å². The van der Waals surface area contributed by atoms with Crippen molar-refractivity contribution in [3.63, 3.8) is 0 Å². The van der Waals surface area contributed by atoms with Crippen molar-refractivity contribution >= 4 is 17.2 Å². The van der Waals surface area contributed by atoms with E-state index >= 15 is 0 Å². The van der Waals surface area contributed by atoms with Gasteiger partial charge in [0.15, 0.2) is 0 Å². The minimum absolute atomic E-state index is 0.446. The molecule has 5 heteroatoms. The molecular formula is C15H19N3O2. The van der Waals surface area contributed by atoms with Gasteiger partial charge < -0.3 is 20.5 Å². The fourth-order valence-electron chi connectivity index (χ4n) is 1.83. The molecule has 20 heavy (non-hydrogen) atoms. The molecule has 0 saturated carbocycles. The van der Waals surface area contributed by atoms with Crippen LogP contribution in [-0.2, 0) is 11.3 Å². The summed E-state index contributed by atoms with van der Waals surface area (Å²) in [5, 5.41) is 3.26. The molecular weight excluding hydrogens is 254 g/mol. The van der Waals surface area contributed by atoms with Crippen LogP contribution in [0.3, 0.4) is 0 Å². The van der Waals surface area contributed by atoms with Crippen molar-refractivity contribution in [1.29, 1.82) is 0 Å². The van der Waals surface area contributed by atoms with Gasteiger partial charge >= 0.3 is 0 Å². The molecule has 0 aliphatic heterocycles. The van der Waals surface area contributed by atoms with Gasteiger partial charge in [-0.2, -0.15) is 4.98 Å². The third kappa shape index (κ3) is 3.39. The van der Waals surface area contributed by atoms with Crippen LogP contribution < -0.4 is 15.8 Å². The minimum atomic E-state index is 0.446. The van der Waals surface area contributed by atoms with E-state index in [0.29, 0.717) is 30.6 Å². The van der Waals surface area contributed by atoms with E-state index in [-0.39, 0.29) is 0 Å². The fourth-order valence-corrected chi connectivity index (χ4v) is 1.83. The van der Waals surface area contributed by atoms with Crippen LogP contribution in [0.1, 0.15) is 12.5 Å². The van der Waals surface area contributed by atoms with Gasteiger partial charge in [0.25, 0.3) is 0 Å². The summed E-state index contributed by atoms with van der Waals surface area (Å²) < 4.78 is 10.6. The summed E-state index contributed by atoms with van der Waals surface area (Å²) in [6.07, 6.45) is 0. The van der Waals surface area contributed by atoms with Crippen LogP contribution in [-0.4, -0.2) is 18.7 Å². The van der Waals surface area contributed by atoms with Crippen molar-refractivity contribution in [2.75, 3.05) is 24.8 Å². The fraction of sp³-hybridized carbons (Fsp3) is 0.267. The number of rotatable bonds is 6. The second kappa shape index (κ2) is 6.77. The van der Waals surface area contributed by atoms with Crippen molar-refractivity contribution in [3.05, 3.63) is 42.0 Å². The number of hydrogen-bond acceptors (Lipinski definition) is 5. The number of aromatic nitrogens is 1. The molecule has 5 nitrogen and oxygen atoms in total. The normalized spacial score (nSPS) is 10.3. The Balaban J connectivity index is 2.23. The zero-order chi connectivity index (χ0) is 14.4. The number of anilines is 3. The molecule has 0 atom stereocenters. The number of pyridine rings is 1. The second-order valence-electron chi connectivity index (χ2n) is 4.24. The average Bonchev–Trinajstić information content (AvgIpc) is 2.45. The molecule has 3 N–H and O–H groups in total. The Bertz CT molecular complexity index is 573. The SMILES string of the molecule is CCOc1nc(Nc2ccccc2COC)ccc1N. The molecule has 106 valence electrons. The number of nitrogen functional groups attached to an aromatic ring is 1. The van der Waals surface area contributed by atoms with E-state index in [1.54, 1.807) is 13.2 Å². The summed E-state index contributed by atoms with van der Waals surface area (Å²) in [4.78, 5) is 4.36. The van der Waals surface area contributed by atoms with Crippen LogP contribution in [0.2, 0.25) is 0 Å². The Labute approximate surface area is 118 Å². The lowest BCUT2D eigenvalue weighted by Crippen LogP contribution is -2.03. The maximum absolute atomic E-state index is 5.81. The molecule has 1 aromatic heterocycles. The first kappa shape index (κ1) is 14.1. The third-order valence-electron chi connectivity index (χ3n) is 2.75. The number of hydrogen-bond donors (Lipinski definition) is 2. The number of nitrogens with one attached hydrogen (secondary N) is 1. The lowest BCUT2D eigenvalue weighted by Gasteiger charge is -2.12. The van der Waals surface area contributed by atoms with Gasteiger partial charge in [-0.15, -0.1) is 0 Å². The van der Waals surface area contributed by atoms with Crippen molar-refractivity contribution < 1.29 is 9.47 Å². The molecule has 2 aromatic rings. The van der Waals surface area contributed by atoms with E-state index in [2.05, 4.69) is 10.3 Å². The molecule has 0 amide bonds. The molecule has 0 aliphatic rings. The predicted octanol–water partition coefficient (Wildman–Crippen LogP) is 2.95. The zero-order valence-electron chi connectivity index (χ0n) is 11.7. The summed E-state index contributed by atoms with van der Waals surface area (Å²) in [5.74, 6) is 1.13. The van der Waals surface area contributed by atoms with Gasteiger partial charge in [-0.05, 0) is 25.1 Å². The standard InChI is InChI=1S/C15H19N3O2/c1-3-20-15-12(16)8-9-14(18-15)17-13-7-5-4-6-11(13)10-19-2/h4-9H,3,10,16H2,1-2H3,(H,17,18). The summed E-state index contributed by atoms with van der Waals surface area (Å²) >= 11 is 0. The lowest BCUT2D eigenvalue weighted by atomic mass is 10.2. The third-order valence-corrected chi connectivity index (χ3v) is 2.75. The van der Waals surface area contributed by atoms with Gasteiger partial charge in [0.1, 0.15) is 5.82 Å². The summed E-state index contributed by atoms with van der Waals surface area (Å²) in [5.41, 5.74) is 8.36. The number of para-hydroxylation sites is 1. The second-order valence-corrected chi connectivity index (χ2v) is 4.24. The van der Waals surface area contributed by atoms with Gasteiger partial charge in [-0.25, -0.2) is 0 Å². The van der Waals surface area contributed by atoms with Crippen molar-refractivity contribution in [2.24, 2.45) is 0 Å². The average molecular weight is 273 g/mol. The first-order valence-corrected chi connectivity index (χ1v) is 6.47. The lowest BCUT2D eigenvalue weighted by molar-refractivity contribution is 0.185. The molecule has 0 spiro atoms. The van der Waals surface area contributed by atoms with E-state index in [1.165, 1.54) is 0 Å². The Kier molecular flexibility index (Phi) is 4.79. The molecule has 0 bridgehead atoms. The summed E-state index contributed by atoms with van der Waals surface area (Å²) in [6, 6.07) is 11.5. The molecule has 0 fully saturated rings. The Morgan fingerprint density at radius 3 is 2.75 bits per heavy atom. The number of nitrogens with two attached hydrogens (primary N) is 1. The van der Waals surface area contributed by atoms with Gasteiger partial charge in [-0.1, -0.05) is 18.2 Å². The number of benzene rings is 1. The van der Waals surface area contributed by atoms with Crippen molar-refractivity contribution in [2.45, 2.75) is 13.5 Å². The molecule has 1 aromatic carbocycles. The van der Waals surface area contributed by atoms with Crippen LogP contribution in [0, 0.1) is 0 Å². The van der Waals surface area contributed by atoms with Crippen LogP contribution >= 0.6 is 0 Å². The Morgan fingerprint density at radius 1 is 1.20 bits per heavy atom. The maximum Gasteiger partial charge on any atom is 0.239 e. The quantitative estimate of drug-likeness (QED) is 0.846. The topological polar surface area (TPSA) is 69.4 Å². The number of methoxy groups -OCH3 is 1. The highest BCUT2D eigenvalue weighted by Gasteiger charge is 2.06. The Hall–Kier alpha value is -2.27. The van der Waals surface area contributed by atoms with Gasteiger partial charge in [-0.3, -0.25) is 0 Å².